The van der Waals surface area contributed by atoms with Crippen LogP contribution in [0.1, 0.15) is 39.0 Å². The minimum Gasteiger partial charge on any atom is -0.437 e. The quantitative estimate of drug-likeness (QED) is 0.273. The van der Waals surface area contributed by atoms with Crippen molar-refractivity contribution >= 4 is 37.8 Å². The summed E-state index contributed by atoms with van der Waals surface area (Å²) < 4.78 is 13.1. The summed E-state index contributed by atoms with van der Waals surface area (Å²) in [5.74, 6) is 0. The van der Waals surface area contributed by atoms with Crippen LogP contribution < -0.4 is 0 Å². The second-order valence-electron chi connectivity index (χ2n) is 8.25. The van der Waals surface area contributed by atoms with Crippen molar-refractivity contribution in [2.75, 3.05) is 0 Å². The van der Waals surface area contributed by atoms with Gasteiger partial charge < -0.3 is 8.23 Å². The number of unbranched alkanes of at least 4 members (excludes halogenated alkanes) is 2. The lowest BCUT2D eigenvalue weighted by molar-refractivity contribution is 0.380. The normalized spacial score (nSPS) is 15.3. The van der Waals surface area contributed by atoms with Gasteiger partial charge in [0, 0.05) is 5.25 Å². The van der Waals surface area contributed by atoms with Gasteiger partial charge in [0.25, 0.3) is 0 Å². The van der Waals surface area contributed by atoms with Crippen molar-refractivity contribution in [2.24, 2.45) is 0 Å². The summed E-state index contributed by atoms with van der Waals surface area (Å²) in [5.41, 5.74) is 0. The largest absolute Gasteiger partial charge is 0.437 e. The first-order valence-corrected chi connectivity index (χ1v) is 18.3. The highest BCUT2D eigenvalue weighted by molar-refractivity contribution is 7.80. The maximum Gasteiger partial charge on any atom is 0.314 e. The van der Waals surface area contributed by atoms with Crippen LogP contribution in [0.15, 0.2) is 0 Å². The monoisotopic (exact) mass is 366 g/mol. The Morgan fingerprint density at radius 3 is 1.67 bits per heavy atom. The first kappa shape index (κ1) is 21.9. The molecule has 0 aromatic carbocycles. The molecule has 1 unspecified atom stereocenters. The van der Waals surface area contributed by atoms with Crippen molar-refractivity contribution in [1.82, 2.24) is 0 Å². The molecule has 0 aliphatic rings. The molecule has 0 radical (unpaired) electrons. The Kier molecular flexibility index (Phi) is 9.68. The molecule has 0 N–H and O–H groups in total. The smallest absolute Gasteiger partial charge is 0.314 e. The summed E-state index contributed by atoms with van der Waals surface area (Å²) in [6.45, 7) is 18.1. The Hall–Kier alpha value is 0.921. The zero-order chi connectivity index (χ0) is 16.7. The topological polar surface area (TPSA) is 18.5 Å². The summed E-state index contributed by atoms with van der Waals surface area (Å²) in [6.07, 6.45) is 6.26. The number of rotatable bonds is 11. The highest BCUT2D eigenvalue weighted by atomic mass is 32.1. The predicted molar refractivity (Wildman–Crippen MR) is 107 cm³/mol. The molecular formula is C15H38O2SSi3. The van der Waals surface area contributed by atoms with Crippen LogP contribution in [0, 0.1) is 0 Å². The molecule has 0 saturated heterocycles. The van der Waals surface area contributed by atoms with Crippen LogP contribution in [0.25, 0.3) is 0 Å². The van der Waals surface area contributed by atoms with E-state index in [2.05, 4.69) is 52.8 Å². The van der Waals surface area contributed by atoms with Crippen molar-refractivity contribution in [3.63, 3.8) is 0 Å². The van der Waals surface area contributed by atoms with E-state index in [9.17, 15) is 0 Å². The van der Waals surface area contributed by atoms with Crippen LogP contribution in [0.5, 0.6) is 0 Å². The Labute approximate surface area is 142 Å². The first-order valence-electron chi connectivity index (χ1n) is 8.45. The standard InChI is InChI=1S/C15H38O2SSi3/c1-9-10-11-12-15(18)13-14-21(8,16-19(2,3)4)17-20(5,6)7/h15,18H,9-14H2,1-8H3. The van der Waals surface area contributed by atoms with E-state index < -0.39 is 25.2 Å². The fraction of sp³-hybridized carbons (Fsp3) is 1.00. The molecule has 6 heteroatoms. The van der Waals surface area contributed by atoms with Gasteiger partial charge in [-0.25, -0.2) is 0 Å². The minimum absolute atomic E-state index is 0.499. The van der Waals surface area contributed by atoms with Crippen LogP contribution in [0.2, 0.25) is 51.9 Å². The molecule has 0 spiro atoms. The Morgan fingerprint density at radius 1 is 0.810 bits per heavy atom. The number of thiol groups is 1. The molecule has 1 atom stereocenters. The molecule has 21 heavy (non-hydrogen) atoms. The van der Waals surface area contributed by atoms with Gasteiger partial charge in [0.1, 0.15) is 0 Å². The van der Waals surface area contributed by atoms with Gasteiger partial charge in [-0.2, -0.15) is 12.6 Å². The Morgan fingerprint density at radius 2 is 1.29 bits per heavy atom. The van der Waals surface area contributed by atoms with Crippen molar-refractivity contribution in [2.45, 2.75) is 96.2 Å². The molecule has 128 valence electrons. The fourth-order valence-corrected chi connectivity index (χ4v) is 15.8. The summed E-state index contributed by atoms with van der Waals surface area (Å²) >= 11 is 4.77. The molecule has 0 aromatic rings. The second-order valence-corrected chi connectivity index (χ2v) is 21.8. The van der Waals surface area contributed by atoms with Crippen molar-refractivity contribution in [3.8, 4) is 0 Å². The molecule has 0 saturated carbocycles. The molecule has 0 bridgehead atoms. The van der Waals surface area contributed by atoms with E-state index >= 15 is 0 Å². The SMILES string of the molecule is CCCCCC(S)CC[Si](C)(O[Si](C)(C)C)O[Si](C)(C)C. The summed E-state index contributed by atoms with van der Waals surface area (Å²) in [6, 6.07) is 1.09. The molecule has 0 aliphatic carbocycles. The van der Waals surface area contributed by atoms with Crippen molar-refractivity contribution in [1.29, 1.82) is 0 Å². The average Bonchev–Trinajstić information content (AvgIpc) is 2.21. The van der Waals surface area contributed by atoms with E-state index in [1.54, 1.807) is 0 Å². The van der Waals surface area contributed by atoms with Crippen LogP contribution in [0.4, 0.5) is 0 Å². The molecule has 0 rings (SSSR count). The summed E-state index contributed by atoms with van der Waals surface area (Å²) in [5, 5.41) is 0.499. The lowest BCUT2D eigenvalue weighted by atomic mass is 10.1. The second kappa shape index (κ2) is 9.27. The van der Waals surface area contributed by atoms with Gasteiger partial charge in [-0.3, -0.25) is 0 Å². The molecular weight excluding hydrogens is 328 g/mol. The molecule has 0 fully saturated rings. The van der Waals surface area contributed by atoms with E-state index in [1.807, 2.05) is 0 Å². The summed E-state index contributed by atoms with van der Waals surface area (Å²) in [4.78, 5) is 0. The maximum absolute atomic E-state index is 6.53. The lowest BCUT2D eigenvalue weighted by Crippen LogP contribution is -2.52. The third-order valence-corrected chi connectivity index (χ3v) is 13.2. The Bertz CT molecular complexity index is 272. The Balaban J connectivity index is 4.54. The van der Waals surface area contributed by atoms with Gasteiger partial charge in [0.05, 0.1) is 0 Å². The third kappa shape index (κ3) is 13.1. The number of hydrogen-bond acceptors (Lipinski definition) is 3. The van der Waals surface area contributed by atoms with E-state index in [-0.39, 0.29) is 0 Å². The van der Waals surface area contributed by atoms with Crippen LogP contribution in [-0.4, -0.2) is 30.4 Å². The third-order valence-electron chi connectivity index (χ3n) is 3.12. The highest BCUT2D eigenvalue weighted by Crippen LogP contribution is 2.27. The zero-order valence-electron chi connectivity index (χ0n) is 15.6. The highest BCUT2D eigenvalue weighted by Gasteiger charge is 2.40. The van der Waals surface area contributed by atoms with Gasteiger partial charge in [0.15, 0.2) is 16.6 Å². The van der Waals surface area contributed by atoms with Crippen LogP contribution in [0.3, 0.4) is 0 Å². The predicted octanol–water partition coefficient (Wildman–Crippen LogP) is 6.03. The maximum atomic E-state index is 6.53. The van der Waals surface area contributed by atoms with E-state index in [0.29, 0.717) is 5.25 Å². The minimum atomic E-state index is -2.06. The molecule has 0 aliphatic heterocycles. The number of hydrogen-bond donors (Lipinski definition) is 1. The molecule has 0 heterocycles. The van der Waals surface area contributed by atoms with Crippen LogP contribution >= 0.6 is 12.6 Å². The lowest BCUT2D eigenvalue weighted by Gasteiger charge is -2.39. The van der Waals surface area contributed by atoms with Gasteiger partial charge >= 0.3 is 8.56 Å². The first-order chi connectivity index (χ1) is 9.37. The molecule has 2 nitrogen and oxygen atoms in total. The van der Waals surface area contributed by atoms with Crippen molar-refractivity contribution in [3.05, 3.63) is 0 Å². The van der Waals surface area contributed by atoms with Gasteiger partial charge in [-0.15, -0.1) is 0 Å². The zero-order valence-corrected chi connectivity index (χ0v) is 19.5. The van der Waals surface area contributed by atoms with Crippen molar-refractivity contribution < 1.29 is 8.23 Å². The fourth-order valence-electron chi connectivity index (χ4n) is 2.62. The van der Waals surface area contributed by atoms with Gasteiger partial charge in [-0.1, -0.05) is 26.2 Å². The van der Waals surface area contributed by atoms with E-state index in [1.165, 1.54) is 25.7 Å². The molecule has 0 amide bonds. The van der Waals surface area contributed by atoms with E-state index in [4.69, 9.17) is 20.9 Å². The molecule has 0 aromatic heterocycles. The van der Waals surface area contributed by atoms with Gasteiger partial charge in [-0.05, 0) is 64.7 Å². The van der Waals surface area contributed by atoms with Crippen LogP contribution in [-0.2, 0) is 8.23 Å². The van der Waals surface area contributed by atoms with E-state index in [0.717, 1.165) is 12.5 Å². The summed E-state index contributed by atoms with van der Waals surface area (Å²) in [7, 11) is -5.18. The average molecular weight is 367 g/mol. The van der Waals surface area contributed by atoms with Gasteiger partial charge in [0.2, 0.25) is 0 Å².